The number of nitrogens with two attached hydrogens (primary N) is 1. The number of anilines is 1. The maximum Gasteiger partial charge on any atom is 0.129 e. The molecule has 0 radical (unpaired) electrons. The Morgan fingerprint density at radius 1 is 1.44 bits per heavy atom. The molecule has 4 nitrogen and oxygen atoms in total. The maximum absolute atomic E-state index is 6.15. The lowest BCUT2D eigenvalue weighted by Gasteiger charge is -2.38. The summed E-state index contributed by atoms with van der Waals surface area (Å²) in [6.07, 6.45) is 4.42. The third-order valence-electron chi connectivity index (χ3n) is 3.22. The average molecular weight is 220 g/mol. The van der Waals surface area contributed by atoms with Crippen molar-refractivity contribution in [2.24, 2.45) is 5.73 Å². The van der Waals surface area contributed by atoms with E-state index in [0.717, 1.165) is 43.1 Å². The van der Waals surface area contributed by atoms with E-state index in [1.807, 2.05) is 13.0 Å². The van der Waals surface area contributed by atoms with Crippen LogP contribution in [0, 0.1) is 6.92 Å². The van der Waals surface area contributed by atoms with Crippen LogP contribution in [-0.4, -0.2) is 22.1 Å². The van der Waals surface area contributed by atoms with Gasteiger partial charge in [0.1, 0.15) is 11.6 Å². The van der Waals surface area contributed by atoms with Crippen LogP contribution in [0.2, 0.25) is 0 Å². The fourth-order valence-electron chi connectivity index (χ4n) is 1.98. The van der Waals surface area contributed by atoms with Gasteiger partial charge in [-0.2, -0.15) is 0 Å². The Hall–Kier alpha value is -1.16. The standard InChI is InChI=1S/C12H20N4/c1-3-10-7-11(16-9(2)15-10)14-8-12(13)5-4-6-12/h7H,3-6,8,13H2,1-2H3,(H,14,15,16). The van der Waals surface area contributed by atoms with Crippen molar-refractivity contribution in [3.05, 3.63) is 17.6 Å². The smallest absolute Gasteiger partial charge is 0.129 e. The van der Waals surface area contributed by atoms with Crippen LogP contribution in [0.4, 0.5) is 5.82 Å². The summed E-state index contributed by atoms with van der Waals surface area (Å²) in [7, 11) is 0. The largest absolute Gasteiger partial charge is 0.368 e. The van der Waals surface area contributed by atoms with Crippen molar-refractivity contribution < 1.29 is 0 Å². The zero-order valence-electron chi connectivity index (χ0n) is 10.1. The molecule has 0 bridgehead atoms. The van der Waals surface area contributed by atoms with Gasteiger partial charge in [-0.25, -0.2) is 9.97 Å². The van der Waals surface area contributed by atoms with Crippen LogP contribution in [0.15, 0.2) is 6.07 Å². The molecule has 1 aromatic heterocycles. The second-order valence-corrected chi connectivity index (χ2v) is 4.71. The van der Waals surface area contributed by atoms with Gasteiger partial charge in [-0.3, -0.25) is 0 Å². The number of rotatable bonds is 4. The second-order valence-electron chi connectivity index (χ2n) is 4.71. The SMILES string of the molecule is CCc1cc(NCC2(N)CCC2)nc(C)n1. The van der Waals surface area contributed by atoms with Crippen molar-refractivity contribution in [2.45, 2.75) is 45.1 Å². The van der Waals surface area contributed by atoms with Gasteiger partial charge in [0, 0.05) is 23.8 Å². The Balaban J connectivity index is 2.00. The van der Waals surface area contributed by atoms with Gasteiger partial charge in [-0.15, -0.1) is 0 Å². The number of nitrogens with one attached hydrogen (secondary N) is 1. The first kappa shape index (κ1) is 11.3. The molecule has 0 unspecified atom stereocenters. The summed E-state index contributed by atoms with van der Waals surface area (Å²) in [6.45, 7) is 4.83. The summed E-state index contributed by atoms with van der Waals surface area (Å²) in [6, 6.07) is 2.01. The van der Waals surface area contributed by atoms with E-state index in [9.17, 15) is 0 Å². The van der Waals surface area contributed by atoms with Gasteiger partial charge >= 0.3 is 0 Å². The molecule has 3 N–H and O–H groups in total. The summed E-state index contributed by atoms with van der Waals surface area (Å²) < 4.78 is 0. The zero-order chi connectivity index (χ0) is 11.6. The maximum atomic E-state index is 6.15. The van der Waals surface area contributed by atoms with E-state index in [1.54, 1.807) is 0 Å². The lowest BCUT2D eigenvalue weighted by atomic mass is 9.78. The highest BCUT2D eigenvalue weighted by molar-refractivity contribution is 5.36. The van der Waals surface area contributed by atoms with Crippen LogP contribution in [0.25, 0.3) is 0 Å². The molecule has 2 rings (SSSR count). The molecule has 1 aliphatic rings. The minimum atomic E-state index is -0.00870. The predicted molar refractivity (Wildman–Crippen MR) is 65.4 cm³/mol. The molecule has 1 aromatic rings. The fourth-order valence-corrected chi connectivity index (χ4v) is 1.98. The number of aryl methyl sites for hydroxylation is 2. The predicted octanol–water partition coefficient (Wildman–Crippen LogP) is 1.64. The molecule has 0 atom stereocenters. The molecule has 0 saturated heterocycles. The van der Waals surface area contributed by atoms with E-state index in [4.69, 9.17) is 5.73 Å². The van der Waals surface area contributed by atoms with Crippen LogP contribution >= 0.6 is 0 Å². The van der Waals surface area contributed by atoms with Crippen molar-refractivity contribution in [1.82, 2.24) is 9.97 Å². The average Bonchev–Trinajstić information content (AvgIpc) is 2.23. The number of aromatic nitrogens is 2. The third-order valence-corrected chi connectivity index (χ3v) is 3.22. The molecule has 4 heteroatoms. The normalized spacial score (nSPS) is 17.9. The van der Waals surface area contributed by atoms with Crippen molar-refractivity contribution >= 4 is 5.82 Å². The highest BCUT2D eigenvalue weighted by Gasteiger charge is 2.32. The minimum absolute atomic E-state index is 0.00870. The van der Waals surface area contributed by atoms with Gasteiger partial charge in [-0.05, 0) is 32.6 Å². The molecule has 0 spiro atoms. The van der Waals surface area contributed by atoms with Crippen LogP contribution in [0.3, 0.4) is 0 Å². The van der Waals surface area contributed by atoms with Crippen LogP contribution in [-0.2, 0) is 6.42 Å². The number of nitrogens with zero attached hydrogens (tertiary/aromatic N) is 2. The van der Waals surface area contributed by atoms with Crippen LogP contribution in [0.1, 0.15) is 37.7 Å². The van der Waals surface area contributed by atoms with E-state index in [-0.39, 0.29) is 5.54 Å². The molecule has 1 fully saturated rings. The quantitative estimate of drug-likeness (QED) is 0.809. The fraction of sp³-hybridized carbons (Fsp3) is 0.667. The van der Waals surface area contributed by atoms with Crippen molar-refractivity contribution in [2.75, 3.05) is 11.9 Å². The van der Waals surface area contributed by atoms with Crippen molar-refractivity contribution in [3.8, 4) is 0 Å². The summed E-state index contributed by atoms with van der Waals surface area (Å²) in [5, 5.41) is 3.33. The van der Waals surface area contributed by atoms with E-state index in [0.29, 0.717) is 0 Å². The first-order valence-corrected chi connectivity index (χ1v) is 5.99. The molecule has 0 aromatic carbocycles. The topological polar surface area (TPSA) is 63.8 Å². The molecule has 1 saturated carbocycles. The minimum Gasteiger partial charge on any atom is -0.368 e. The van der Waals surface area contributed by atoms with Crippen molar-refractivity contribution in [3.63, 3.8) is 0 Å². The van der Waals surface area contributed by atoms with Crippen LogP contribution in [0.5, 0.6) is 0 Å². The lowest BCUT2D eigenvalue weighted by Crippen LogP contribution is -2.52. The Bertz CT molecular complexity index is 371. The van der Waals surface area contributed by atoms with E-state index in [2.05, 4.69) is 22.2 Å². The van der Waals surface area contributed by atoms with Gasteiger partial charge in [0.25, 0.3) is 0 Å². The van der Waals surface area contributed by atoms with E-state index in [1.165, 1.54) is 6.42 Å². The van der Waals surface area contributed by atoms with E-state index < -0.39 is 0 Å². The van der Waals surface area contributed by atoms with Gasteiger partial charge in [0.2, 0.25) is 0 Å². The number of hydrogen-bond acceptors (Lipinski definition) is 4. The highest BCUT2D eigenvalue weighted by atomic mass is 15.1. The first-order chi connectivity index (χ1) is 7.61. The molecule has 88 valence electrons. The van der Waals surface area contributed by atoms with E-state index >= 15 is 0 Å². The Kier molecular flexibility index (Phi) is 3.10. The van der Waals surface area contributed by atoms with Gasteiger partial charge < -0.3 is 11.1 Å². The second kappa shape index (κ2) is 4.37. The molecule has 1 heterocycles. The van der Waals surface area contributed by atoms with Crippen molar-refractivity contribution in [1.29, 1.82) is 0 Å². The summed E-state index contributed by atoms with van der Waals surface area (Å²) in [4.78, 5) is 8.71. The molecular formula is C12H20N4. The zero-order valence-corrected chi connectivity index (χ0v) is 10.1. The molecular weight excluding hydrogens is 200 g/mol. The Morgan fingerprint density at radius 2 is 2.19 bits per heavy atom. The summed E-state index contributed by atoms with van der Waals surface area (Å²) in [5.74, 6) is 1.72. The monoisotopic (exact) mass is 220 g/mol. The lowest BCUT2D eigenvalue weighted by molar-refractivity contribution is 0.265. The summed E-state index contributed by atoms with van der Waals surface area (Å²) in [5.41, 5.74) is 7.22. The third kappa shape index (κ3) is 2.50. The molecule has 0 aliphatic heterocycles. The van der Waals surface area contributed by atoms with Gasteiger partial charge in [0.15, 0.2) is 0 Å². The Morgan fingerprint density at radius 3 is 2.75 bits per heavy atom. The van der Waals surface area contributed by atoms with Crippen LogP contribution < -0.4 is 11.1 Å². The van der Waals surface area contributed by atoms with Gasteiger partial charge in [-0.1, -0.05) is 6.92 Å². The molecule has 16 heavy (non-hydrogen) atoms. The highest BCUT2D eigenvalue weighted by Crippen LogP contribution is 2.29. The molecule has 1 aliphatic carbocycles. The number of hydrogen-bond donors (Lipinski definition) is 2. The van der Waals surface area contributed by atoms with Gasteiger partial charge in [0.05, 0.1) is 0 Å². The first-order valence-electron chi connectivity index (χ1n) is 5.99. The summed E-state index contributed by atoms with van der Waals surface area (Å²) >= 11 is 0. The molecule has 0 amide bonds. The Labute approximate surface area is 96.7 Å².